The predicted octanol–water partition coefficient (Wildman–Crippen LogP) is -1.30. The van der Waals surface area contributed by atoms with Crippen molar-refractivity contribution in [1.29, 1.82) is 0 Å². The molecule has 2 heterocycles. The molecule has 3 unspecified atom stereocenters. The number of amides is 2. The Balaban J connectivity index is 0.00000169. The normalized spacial score (nSPS) is 25.1. The van der Waals surface area contributed by atoms with Crippen LogP contribution in [-0.4, -0.2) is 62.0 Å². The molecule has 0 bridgehead atoms. The minimum atomic E-state index is -1.12. The van der Waals surface area contributed by atoms with E-state index in [-0.39, 0.29) is 22.0 Å². The van der Waals surface area contributed by atoms with Gasteiger partial charge in [0.15, 0.2) is 0 Å². The molecule has 9 nitrogen and oxygen atoms in total. The number of aliphatic carboxylic acids is 1. The number of carbonyl (C=O) groups is 3. The number of hydrogen-bond acceptors (Lipinski definition) is 5. The van der Waals surface area contributed by atoms with Crippen LogP contribution in [0.5, 0.6) is 0 Å². The minimum absolute atomic E-state index is 0. The highest BCUT2D eigenvalue weighted by molar-refractivity contribution is 8.00. The highest BCUT2D eigenvalue weighted by atomic mass is 32.2. The van der Waals surface area contributed by atoms with Gasteiger partial charge in [-0.1, -0.05) is 18.2 Å². The Morgan fingerprint density at radius 1 is 1.38 bits per heavy atom. The largest absolute Gasteiger partial charge is 0.477 e. The molecule has 2 amide bonds. The molecule has 1 aliphatic carbocycles. The lowest BCUT2D eigenvalue weighted by Crippen LogP contribution is -2.71. The highest BCUT2D eigenvalue weighted by Gasteiger charge is 2.53. The first-order valence-electron chi connectivity index (χ1n) is 7.69. The van der Waals surface area contributed by atoms with E-state index in [1.54, 1.807) is 6.92 Å². The maximum Gasteiger partial charge on any atom is 0.352 e. The molecule has 0 spiro atoms. The molecular formula is C16H23N3O6S. The number of carboxylic acid groups (broad SMARTS) is 1. The molecule has 8 N–H and O–H groups in total. The highest BCUT2D eigenvalue weighted by Crippen LogP contribution is 2.40. The van der Waals surface area contributed by atoms with Gasteiger partial charge in [0.1, 0.15) is 23.2 Å². The van der Waals surface area contributed by atoms with Gasteiger partial charge in [-0.25, -0.2) is 4.79 Å². The summed E-state index contributed by atoms with van der Waals surface area (Å²) in [6.45, 7) is 1.70. The number of hydrogen-bond donors (Lipinski definition) is 3. The molecule has 3 aliphatic rings. The van der Waals surface area contributed by atoms with Gasteiger partial charge >= 0.3 is 5.97 Å². The number of thioether (sulfide) groups is 1. The lowest BCUT2D eigenvalue weighted by atomic mass is 9.97. The monoisotopic (exact) mass is 385 g/mol. The summed E-state index contributed by atoms with van der Waals surface area (Å²) in [4.78, 5) is 37.3. The summed E-state index contributed by atoms with van der Waals surface area (Å²) in [5.74, 6) is -1.41. The van der Waals surface area contributed by atoms with E-state index in [0.717, 1.165) is 12.0 Å². The SMILES string of the molecule is CC1=C(C(=O)O)N2C(=O)C(NC(=O)C(N)C3=CCC=CC3)C2SC1.O.O. The summed E-state index contributed by atoms with van der Waals surface area (Å²) in [7, 11) is 0. The summed E-state index contributed by atoms with van der Waals surface area (Å²) < 4.78 is 0. The third-order valence-corrected chi connectivity index (χ3v) is 5.80. The Morgan fingerprint density at radius 3 is 2.65 bits per heavy atom. The second-order valence-electron chi connectivity index (χ2n) is 6.00. The Hall–Kier alpha value is -2.14. The van der Waals surface area contributed by atoms with Crippen LogP contribution in [0.2, 0.25) is 0 Å². The Labute approximate surface area is 154 Å². The van der Waals surface area contributed by atoms with Crippen molar-refractivity contribution in [2.45, 2.75) is 37.2 Å². The standard InChI is InChI=1S/C16H19N3O4S.2H2O/c1-8-7-24-15-11(14(21)19(15)12(8)16(22)23)18-13(20)10(17)9-5-3-2-4-6-9;;/h2-3,6,10-11,15H,4-5,7,17H2,1H3,(H,18,20)(H,22,23);2*1H2. The van der Waals surface area contributed by atoms with Crippen LogP contribution in [0.3, 0.4) is 0 Å². The van der Waals surface area contributed by atoms with Crippen molar-refractivity contribution in [2.24, 2.45) is 5.73 Å². The maximum absolute atomic E-state index is 12.3. The lowest BCUT2D eigenvalue weighted by Gasteiger charge is -2.49. The van der Waals surface area contributed by atoms with Gasteiger partial charge in [0.2, 0.25) is 5.91 Å². The number of carboxylic acids is 1. The van der Waals surface area contributed by atoms with Gasteiger partial charge in [0.25, 0.3) is 5.91 Å². The van der Waals surface area contributed by atoms with E-state index in [1.807, 2.05) is 18.2 Å². The van der Waals surface area contributed by atoms with Gasteiger partial charge in [-0.05, 0) is 30.9 Å². The first-order chi connectivity index (χ1) is 11.4. The number of nitrogens with zero attached hydrogens (tertiary/aromatic N) is 1. The van der Waals surface area contributed by atoms with E-state index in [1.165, 1.54) is 16.7 Å². The lowest BCUT2D eigenvalue weighted by molar-refractivity contribution is -0.150. The maximum atomic E-state index is 12.3. The zero-order valence-corrected chi connectivity index (χ0v) is 15.0. The zero-order chi connectivity index (χ0) is 17.4. The van der Waals surface area contributed by atoms with E-state index in [4.69, 9.17) is 5.73 Å². The summed E-state index contributed by atoms with van der Waals surface area (Å²) in [5, 5.41) is 11.6. The van der Waals surface area contributed by atoms with Crippen LogP contribution in [0.1, 0.15) is 19.8 Å². The summed E-state index contributed by atoms with van der Waals surface area (Å²) in [5.41, 5.74) is 7.49. The topological polar surface area (TPSA) is 176 Å². The van der Waals surface area contributed by atoms with Crippen molar-refractivity contribution in [3.8, 4) is 0 Å². The van der Waals surface area contributed by atoms with Crippen molar-refractivity contribution >= 4 is 29.5 Å². The molecule has 1 saturated heterocycles. The summed E-state index contributed by atoms with van der Waals surface area (Å²) >= 11 is 1.45. The molecule has 3 rings (SSSR count). The van der Waals surface area contributed by atoms with Gasteiger partial charge in [0.05, 0.1) is 0 Å². The molecule has 26 heavy (non-hydrogen) atoms. The molecule has 0 saturated carbocycles. The first kappa shape index (κ1) is 21.9. The van der Waals surface area contributed by atoms with Crippen molar-refractivity contribution in [3.63, 3.8) is 0 Å². The van der Waals surface area contributed by atoms with Crippen LogP contribution in [0.4, 0.5) is 0 Å². The van der Waals surface area contributed by atoms with E-state index in [9.17, 15) is 19.5 Å². The van der Waals surface area contributed by atoms with Gasteiger partial charge in [0, 0.05) is 5.75 Å². The zero-order valence-electron chi connectivity index (χ0n) is 14.2. The molecule has 0 aromatic rings. The molecule has 2 aliphatic heterocycles. The number of rotatable bonds is 4. The van der Waals surface area contributed by atoms with Crippen LogP contribution in [0.25, 0.3) is 0 Å². The Kier molecular flexibility index (Phi) is 7.16. The average molecular weight is 385 g/mol. The second-order valence-corrected chi connectivity index (χ2v) is 7.10. The number of carbonyl (C=O) groups excluding carboxylic acids is 2. The predicted molar refractivity (Wildman–Crippen MR) is 97.0 cm³/mol. The molecule has 10 heteroatoms. The van der Waals surface area contributed by atoms with E-state index < -0.39 is 29.9 Å². The smallest absolute Gasteiger partial charge is 0.352 e. The molecule has 144 valence electrons. The molecule has 0 radical (unpaired) electrons. The number of β-lactam (4-membered cyclic amide) rings is 1. The van der Waals surface area contributed by atoms with E-state index in [2.05, 4.69) is 5.32 Å². The van der Waals surface area contributed by atoms with Crippen LogP contribution in [0.15, 0.2) is 35.1 Å². The average Bonchev–Trinajstić information content (AvgIpc) is 2.59. The van der Waals surface area contributed by atoms with Gasteiger partial charge in [-0.15, -0.1) is 11.8 Å². The van der Waals surface area contributed by atoms with Crippen molar-refractivity contribution in [2.75, 3.05) is 5.75 Å². The van der Waals surface area contributed by atoms with Gasteiger partial charge in [-0.3, -0.25) is 14.5 Å². The molecule has 3 atom stereocenters. The minimum Gasteiger partial charge on any atom is -0.477 e. The third kappa shape index (κ3) is 3.68. The fraction of sp³-hybridized carbons (Fsp3) is 0.438. The number of allylic oxidation sites excluding steroid dienone is 3. The van der Waals surface area contributed by atoms with Crippen LogP contribution >= 0.6 is 11.8 Å². The van der Waals surface area contributed by atoms with Gasteiger partial charge < -0.3 is 27.1 Å². The van der Waals surface area contributed by atoms with Crippen molar-refractivity contribution in [1.82, 2.24) is 10.2 Å². The molecule has 0 aromatic carbocycles. The summed E-state index contributed by atoms with van der Waals surface area (Å²) in [6, 6.07) is -1.52. The quantitative estimate of drug-likeness (QED) is 0.400. The van der Waals surface area contributed by atoms with E-state index >= 15 is 0 Å². The third-order valence-electron chi connectivity index (χ3n) is 4.38. The van der Waals surface area contributed by atoms with Crippen molar-refractivity contribution in [3.05, 3.63) is 35.1 Å². The van der Waals surface area contributed by atoms with Crippen LogP contribution in [0, 0.1) is 0 Å². The Morgan fingerprint density at radius 2 is 2.08 bits per heavy atom. The molecular weight excluding hydrogens is 362 g/mol. The fourth-order valence-corrected chi connectivity index (χ4v) is 4.35. The molecule has 0 aromatic heterocycles. The van der Waals surface area contributed by atoms with E-state index in [0.29, 0.717) is 17.7 Å². The first-order valence-corrected chi connectivity index (χ1v) is 8.74. The van der Waals surface area contributed by atoms with Crippen LogP contribution < -0.4 is 11.1 Å². The van der Waals surface area contributed by atoms with Crippen LogP contribution in [-0.2, 0) is 14.4 Å². The van der Waals surface area contributed by atoms with Gasteiger partial charge in [-0.2, -0.15) is 0 Å². The number of nitrogens with two attached hydrogens (primary N) is 1. The molecule has 1 fully saturated rings. The van der Waals surface area contributed by atoms with Crippen molar-refractivity contribution < 1.29 is 30.4 Å². The number of fused-ring (bicyclic) bond motifs is 1. The Bertz CT molecular complexity index is 702. The summed E-state index contributed by atoms with van der Waals surface area (Å²) in [6.07, 6.45) is 7.26. The second kappa shape index (κ2) is 8.49. The number of nitrogens with one attached hydrogen (secondary N) is 1. The fourth-order valence-electron chi connectivity index (χ4n) is 3.06.